The molecular formula is C12H19NO4. The highest BCUT2D eigenvalue weighted by Crippen LogP contribution is 2.31. The lowest BCUT2D eigenvalue weighted by atomic mass is 10.0. The van der Waals surface area contributed by atoms with Crippen molar-refractivity contribution in [2.75, 3.05) is 32.9 Å². The average Bonchev–Trinajstić information content (AvgIpc) is 3.01. The van der Waals surface area contributed by atoms with Crippen LogP contribution < -0.4 is 0 Å². The van der Waals surface area contributed by atoms with E-state index in [0.29, 0.717) is 13.2 Å². The molecule has 0 aliphatic carbocycles. The van der Waals surface area contributed by atoms with Crippen molar-refractivity contribution in [1.29, 1.82) is 0 Å². The van der Waals surface area contributed by atoms with Gasteiger partial charge in [-0.05, 0) is 12.8 Å². The predicted octanol–water partition coefficient (Wildman–Crippen LogP) is 0.531. The van der Waals surface area contributed by atoms with E-state index in [1.165, 1.54) is 0 Å². The van der Waals surface area contributed by atoms with Gasteiger partial charge in [0.2, 0.25) is 0 Å². The van der Waals surface area contributed by atoms with Crippen molar-refractivity contribution in [3.8, 4) is 0 Å². The van der Waals surface area contributed by atoms with E-state index in [1.807, 2.05) is 4.90 Å². The lowest BCUT2D eigenvalue weighted by Gasteiger charge is -2.38. The van der Waals surface area contributed by atoms with Gasteiger partial charge in [-0.25, -0.2) is 0 Å². The van der Waals surface area contributed by atoms with E-state index < -0.39 is 5.79 Å². The molecule has 0 radical (unpaired) electrons. The van der Waals surface area contributed by atoms with Gasteiger partial charge in [0.15, 0.2) is 5.79 Å². The highest BCUT2D eigenvalue weighted by atomic mass is 16.7. The van der Waals surface area contributed by atoms with E-state index in [2.05, 4.69) is 0 Å². The van der Waals surface area contributed by atoms with Crippen LogP contribution >= 0.6 is 0 Å². The predicted molar refractivity (Wildman–Crippen MR) is 59.4 cm³/mol. The Morgan fingerprint density at radius 3 is 2.41 bits per heavy atom. The first-order valence-electron chi connectivity index (χ1n) is 6.47. The molecule has 0 aromatic heterocycles. The van der Waals surface area contributed by atoms with Crippen LogP contribution in [0, 0.1) is 0 Å². The van der Waals surface area contributed by atoms with Crippen molar-refractivity contribution in [1.82, 2.24) is 4.90 Å². The summed E-state index contributed by atoms with van der Waals surface area (Å²) in [6, 6.07) is 0. The molecule has 0 aromatic carbocycles. The summed E-state index contributed by atoms with van der Waals surface area (Å²) in [5, 5.41) is 0. The summed E-state index contributed by atoms with van der Waals surface area (Å²) in [5.74, 6) is -0.247. The van der Waals surface area contributed by atoms with Crippen molar-refractivity contribution < 1.29 is 19.0 Å². The van der Waals surface area contributed by atoms with Gasteiger partial charge in [0.1, 0.15) is 6.10 Å². The van der Waals surface area contributed by atoms with E-state index in [9.17, 15) is 4.79 Å². The Morgan fingerprint density at radius 2 is 1.82 bits per heavy atom. The topological polar surface area (TPSA) is 48.0 Å². The fourth-order valence-electron chi connectivity index (χ4n) is 2.83. The first kappa shape index (κ1) is 11.4. The first-order valence-corrected chi connectivity index (χ1v) is 6.47. The Kier molecular flexibility index (Phi) is 3.06. The molecule has 1 atom stereocenters. The summed E-state index contributed by atoms with van der Waals surface area (Å²) in [4.78, 5) is 14.0. The first-order chi connectivity index (χ1) is 8.29. The molecule has 3 rings (SSSR count). The number of amides is 1. The van der Waals surface area contributed by atoms with E-state index in [1.54, 1.807) is 0 Å². The van der Waals surface area contributed by atoms with Gasteiger partial charge in [0, 0.05) is 32.5 Å². The van der Waals surface area contributed by atoms with E-state index >= 15 is 0 Å². The summed E-state index contributed by atoms with van der Waals surface area (Å²) in [6.45, 7) is 3.52. The van der Waals surface area contributed by atoms with Gasteiger partial charge in [-0.15, -0.1) is 0 Å². The van der Waals surface area contributed by atoms with Crippen LogP contribution in [0.2, 0.25) is 0 Å². The van der Waals surface area contributed by atoms with E-state index in [4.69, 9.17) is 14.2 Å². The third kappa shape index (κ3) is 2.19. The third-order valence-electron chi connectivity index (χ3n) is 3.86. The van der Waals surface area contributed by atoms with Gasteiger partial charge in [0.25, 0.3) is 5.91 Å². The zero-order valence-electron chi connectivity index (χ0n) is 10.0. The standard InChI is InChI=1S/C12H19NO4/c14-11(10-2-1-7-15-10)13-5-3-12(4-6-13)16-8-9-17-12/h10H,1-9H2/t10-/m1/s1. The van der Waals surface area contributed by atoms with Crippen molar-refractivity contribution in [2.45, 2.75) is 37.6 Å². The number of hydrogen-bond acceptors (Lipinski definition) is 4. The lowest BCUT2D eigenvalue weighted by Crippen LogP contribution is -2.49. The van der Waals surface area contributed by atoms with Gasteiger partial charge in [0.05, 0.1) is 13.2 Å². The van der Waals surface area contributed by atoms with Crippen molar-refractivity contribution >= 4 is 5.91 Å². The SMILES string of the molecule is O=C([C@H]1CCCO1)N1CCC2(CC1)OCCO2. The number of nitrogens with zero attached hydrogens (tertiary/aromatic N) is 1. The molecule has 5 heteroatoms. The third-order valence-corrected chi connectivity index (χ3v) is 3.86. The fourth-order valence-corrected chi connectivity index (χ4v) is 2.83. The van der Waals surface area contributed by atoms with Crippen LogP contribution in [0.4, 0.5) is 0 Å². The number of carbonyl (C=O) groups excluding carboxylic acids is 1. The summed E-state index contributed by atoms with van der Waals surface area (Å²) in [5.41, 5.74) is 0. The van der Waals surface area contributed by atoms with Gasteiger partial charge in [-0.1, -0.05) is 0 Å². The van der Waals surface area contributed by atoms with Gasteiger partial charge < -0.3 is 19.1 Å². The molecule has 3 heterocycles. The van der Waals surface area contributed by atoms with Crippen LogP contribution in [0.1, 0.15) is 25.7 Å². The summed E-state index contributed by atoms with van der Waals surface area (Å²) < 4.78 is 16.7. The van der Waals surface area contributed by atoms with Gasteiger partial charge in [-0.3, -0.25) is 4.79 Å². The summed E-state index contributed by atoms with van der Waals surface area (Å²) >= 11 is 0. The monoisotopic (exact) mass is 241 g/mol. The molecule has 0 unspecified atom stereocenters. The van der Waals surface area contributed by atoms with Crippen LogP contribution in [0.25, 0.3) is 0 Å². The maximum Gasteiger partial charge on any atom is 0.251 e. The lowest BCUT2D eigenvalue weighted by molar-refractivity contribution is -0.189. The largest absolute Gasteiger partial charge is 0.368 e. The molecule has 1 spiro atoms. The molecule has 0 aromatic rings. The van der Waals surface area contributed by atoms with Crippen LogP contribution in [-0.2, 0) is 19.0 Å². The van der Waals surface area contributed by atoms with Gasteiger partial charge >= 0.3 is 0 Å². The fraction of sp³-hybridized carbons (Fsp3) is 0.917. The Bertz CT molecular complexity index is 285. The number of rotatable bonds is 1. The Balaban J connectivity index is 1.55. The van der Waals surface area contributed by atoms with Crippen molar-refractivity contribution in [3.05, 3.63) is 0 Å². The molecule has 0 bridgehead atoms. The number of likely N-dealkylation sites (tertiary alicyclic amines) is 1. The molecule has 3 aliphatic rings. The second-order valence-corrected chi connectivity index (χ2v) is 4.93. The van der Waals surface area contributed by atoms with E-state index in [0.717, 1.165) is 45.4 Å². The molecule has 17 heavy (non-hydrogen) atoms. The minimum Gasteiger partial charge on any atom is -0.368 e. The number of piperidine rings is 1. The van der Waals surface area contributed by atoms with Crippen LogP contribution in [0.3, 0.4) is 0 Å². The van der Waals surface area contributed by atoms with Crippen molar-refractivity contribution in [3.63, 3.8) is 0 Å². The molecule has 1 amide bonds. The minimum atomic E-state index is -0.396. The average molecular weight is 241 g/mol. The summed E-state index contributed by atoms with van der Waals surface area (Å²) in [7, 11) is 0. The Morgan fingerprint density at radius 1 is 1.12 bits per heavy atom. The Labute approximate surface area is 101 Å². The molecule has 3 saturated heterocycles. The van der Waals surface area contributed by atoms with Crippen LogP contribution in [-0.4, -0.2) is 55.6 Å². The molecule has 0 saturated carbocycles. The zero-order valence-corrected chi connectivity index (χ0v) is 10.0. The number of hydrogen-bond donors (Lipinski definition) is 0. The molecule has 0 N–H and O–H groups in total. The van der Waals surface area contributed by atoms with Crippen molar-refractivity contribution in [2.24, 2.45) is 0 Å². The van der Waals surface area contributed by atoms with E-state index in [-0.39, 0.29) is 12.0 Å². The highest BCUT2D eigenvalue weighted by molar-refractivity contribution is 5.81. The zero-order chi connectivity index (χ0) is 11.7. The second-order valence-electron chi connectivity index (χ2n) is 4.93. The molecule has 3 fully saturated rings. The quantitative estimate of drug-likeness (QED) is 0.672. The maximum atomic E-state index is 12.1. The summed E-state index contributed by atoms with van der Waals surface area (Å²) in [6.07, 6.45) is 3.24. The minimum absolute atomic E-state index is 0.148. The maximum absolute atomic E-state index is 12.1. The normalized spacial score (nSPS) is 32.2. The number of ether oxygens (including phenoxy) is 3. The Hall–Kier alpha value is -0.650. The van der Waals surface area contributed by atoms with Crippen LogP contribution in [0.5, 0.6) is 0 Å². The molecular weight excluding hydrogens is 222 g/mol. The number of carbonyl (C=O) groups is 1. The van der Waals surface area contributed by atoms with Gasteiger partial charge in [-0.2, -0.15) is 0 Å². The molecule has 96 valence electrons. The molecule has 5 nitrogen and oxygen atoms in total. The smallest absolute Gasteiger partial charge is 0.251 e. The highest BCUT2D eigenvalue weighted by Gasteiger charge is 2.42. The molecule has 3 aliphatic heterocycles. The second kappa shape index (κ2) is 4.55. The van der Waals surface area contributed by atoms with Crippen LogP contribution in [0.15, 0.2) is 0 Å².